The molecule has 5 heteroatoms. The number of amides is 1. The molecule has 4 rings (SSSR count). The van der Waals surface area contributed by atoms with Crippen molar-refractivity contribution < 1.29 is 4.79 Å². The van der Waals surface area contributed by atoms with E-state index in [-0.39, 0.29) is 5.91 Å². The smallest absolute Gasteiger partial charge is 0.261 e. The van der Waals surface area contributed by atoms with Crippen molar-refractivity contribution in [3.8, 4) is 0 Å². The zero-order chi connectivity index (χ0) is 17.8. The maximum Gasteiger partial charge on any atom is 0.261 e. The molecule has 26 heavy (non-hydrogen) atoms. The Morgan fingerprint density at radius 3 is 2.19 bits per heavy atom. The molecule has 1 amide bonds. The van der Waals surface area contributed by atoms with Crippen molar-refractivity contribution in [3.05, 3.63) is 84.2 Å². The van der Waals surface area contributed by atoms with E-state index in [1.165, 1.54) is 0 Å². The lowest BCUT2D eigenvalue weighted by Gasteiger charge is -2.23. The first kappa shape index (κ1) is 16.3. The summed E-state index contributed by atoms with van der Waals surface area (Å²) in [6.45, 7) is 0.492. The Hall–Kier alpha value is -3.21. The van der Waals surface area contributed by atoms with Gasteiger partial charge in [-0.1, -0.05) is 48.5 Å². The summed E-state index contributed by atoms with van der Waals surface area (Å²) in [5, 5.41) is 3.24. The molecule has 0 unspecified atom stereocenters. The Labute approximate surface area is 152 Å². The second-order valence-corrected chi connectivity index (χ2v) is 6.43. The summed E-state index contributed by atoms with van der Waals surface area (Å²) in [5.41, 5.74) is 2.39. The second kappa shape index (κ2) is 7.35. The number of carbonyl (C=O) groups is 1. The number of carbonyl (C=O) groups excluding carboxylic acids is 1. The van der Waals surface area contributed by atoms with Crippen molar-refractivity contribution in [3.63, 3.8) is 0 Å². The van der Waals surface area contributed by atoms with Gasteiger partial charge in [0.1, 0.15) is 0 Å². The van der Waals surface area contributed by atoms with E-state index in [2.05, 4.69) is 15.3 Å². The molecule has 1 fully saturated rings. The van der Waals surface area contributed by atoms with Gasteiger partial charge in [0.05, 0.1) is 12.1 Å². The minimum absolute atomic E-state index is 0.113. The van der Waals surface area contributed by atoms with Gasteiger partial charge >= 0.3 is 0 Å². The third-order valence-electron chi connectivity index (χ3n) is 4.31. The van der Waals surface area contributed by atoms with Crippen LogP contribution in [0.5, 0.6) is 0 Å². The Balaban J connectivity index is 1.58. The molecule has 5 nitrogen and oxygen atoms in total. The van der Waals surface area contributed by atoms with Gasteiger partial charge in [0, 0.05) is 24.1 Å². The van der Waals surface area contributed by atoms with E-state index in [0.717, 1.165) is 24.1 Å². The van der Waals surface area contributed by atoms with E-state index < -0.39 is 0 Å². The van der Waals surface area contributed by atoms with E-state index in [9.17, 15) is 4.79 Å². The van der Waals surface area contributed by atoms with E-state index in [1.54, 1.807) is 17.3 Å². The molecule has 2 aromatic carbocycles. The summed E-state index contributed by atoms with van der Waals surface area (Å²) < 4.78 is 0. The third kappa shape index (κ3) is 3.88. The van der Waals surface area contributed by atoms with E-state index in [4.69, 9.17) is 0 Å². The highest BCUT2D eigenvalue weighted by atomic mass is 16.2. The molecule has 0 atom stereocenters. The van der Waals surface area contributed by atoms with Gasteiger partial charge in [-0.2, -0.15) is 0 Å². The average molecular weight is 344 g/mol. The molecular formula is C21H20N4O. The number of nitrogens with one attached hydrogen (secondary N) is 1. The monoisotopic (exact) mass is 344 g/mol. The lowest BCUT2D eigenvalue weighted by atomic mass is 10.1. The first-order chi connectivity index (χ1) is 12.8. The fraction of sp³-hybridized carbons (Fsp3) is 0.190. The molecule has 1 aliphatic carbocycles. The lowest BCUT2D eigenvalue weighted by molar-refractivity contribution is 0.0984. The van der Waals surface area contributed by atoms with E-state index in [0.29, 0.717) is 24.1 Å². The van der Waals surface area contributed by atoms with Crippen LogP contribution >= 0.6 is 0 Å². The maximum absolute atomic E-state index is 13.1. The Kier molecular flexibility index (Phi) is 4.60. The minimum atomic E-state index is -0.113. The van der Waals surface area contributed by atoms with Gasteiger partial charge in [-0.25, -0.2) is 9.97 Å². The second-order valence-electron chi connectivity index (χ2n) is 6.43. The molecule has 1 N–H and O–H groups in total. The fourth-order valence-corrected chi connectivity index (χ4v) is 2.73. The minimum Gasteiger partial charge on any atom is -0.351 e. The fourth-order valence-electron chi connectivity index (χ4n) is 2.73. The molecule has 1 heterocycles. The molecule has 0 saturated heterocycles. The van der Waals surface area contributed by atoms with Crippen molar-refractivity contribution in [2.75, 3.05) is 10.2 Å². The van der Waals surface area contributed by atoms with Crippen LogP contribution in [0, 0.1) is 0 Å². The summed E-state index contributed by atoms with van der Waals surface area (Å²) in [6.07, 6.45) is 5.51. The number of benzene rings is 2. The highest BCUT2D eigenvalue weighted by molar-refractivity contribution is 6.05. The predicted octanol–water partition coefficient (Wildman–Crippen LogP) is 3.90. The number of hydrogen-bond acceptors (Lipinski definition) is 4. The standard InChI is InChI=1S/C21H20N4O/c26-20(17-13-22-21(23-14-17)24-18-11-12-18)25(19-9-5-2-6-10-19)15-16-7-3-1-4-8-16/h1-10,13-14,18H,11-12,15H2,(H,22,23,24). The van der Waals surface area contributed by atoms with Gasteiger partial charge < -0.3 is 10.2 Å². The van der Waals surface area contributed by atoms with Crippen LogP contribution in [0.4, 0.5) is 11.6 Å². The van der Waals surface area contributed by atoms with Crippen molar-refractivity contribution in [1.29, 1.82) is 0 Å². The zero-order valence-electron chi connectivity index (χ0n) is 14.4. The van der Waals surface area contributed by atoms with E-state index >= 15 is 0 Å². The van der Waals surface area contributed by atoms with Gasteiger partial charge in [0.25, 0.3) is 5.91 Å². The van der Waals surface area contributed by atoms with Crippen LogP contribution < -0.4 is 10.2 Å². The van der Waals surface area contributed by atoms with Gasteiger partial charge in [0.15, 0.2) is 0 Å². The lowest BCUT2D eigenvalue weighted by Crippen LogP contribution is -2.30. The SMILES string of the molecule is O=C(c1cnc(NC2CC2)nc1)N(Cc1ccccc1)c1ccccc1. The quantitative estimate of drug-likeness (QED) is 0.737. The molecule has 130 valence electrons. The Bertz CT molecular complexity index is 862. The van der Waals surface area contributed by atoms with Gasteiger partial charge in [-0.05, 0) is 30.5 Å². The molecule has 1 aromatic heterocycles. The summed E-state index contributed by atoms with van der Waals surface area (Å²) in [6, 6.07) is 20.1. The van der Waals surface area contributed by atoms with Gasteiger partial charge in [-0.3, -0.25) is 4.79 Å². The average Bonchev–Trinajstić information content (AvgIpc) is 3.52. The van der Waals surface area contributed by atoms with Crippen molar-refractivity contribution in [2.24, 2.45) is 0 Å². The van der Waals surface area contributed by atoms with Crippen LogP contribution in [0.3, 0.4) is 0 Å². The predicted molar refractivity (Wildman–Crippen MR) is 102 cm³/mol. The zero-order valence-corrected chi connectivity index (χ0v) is 14.4. The first-order valence-corrected chi connectivity index (χ1v) is 8.79. The first-order valence-electron chi connectivity index (χ1n) is 8.79. The molecular weight excluding hydrogens is 324 g/mol. The highest BCUT2D eigenvalue weighted by Crippen LogP contribution is 2.23. The summed E-state index contributed by atoms with van der Waals surface area (Å²) in [5.74, 6) is 0.469. The number of rotatable bonds is 6. The van der Waals surface area contributed by atoms with Crippen molar-refractivity contribution in [2.45, 2.75) is 25.4 Å². The molecule has 0 bridgehead atoms. The third-order valence-corrected chi connectivity index (χ3v) is 4.31. The van der Waals surface area contributed by atoms with Gasteiger partial charge in [-0.15, -0.1) is 0 Å². The molecule has 0 aliphatic heterocycles. The van der Waals surface area contributed by atoms with Crippen LogP contribution in [0.1, 0.15) is 28.8 Å². The van der Waals surface area contributed by atoms with Gasteiger partial charge in [0.2, 0.25) is 5.95 Å². The van der Waals surface area contributed by atoms with Crippen LogP contribution in [0.15, 0.2) is 73.1 Å². The maximum atomic E-state index is 13.1. The Morgan fingerprint density at radius 1 is 0.962 bits per heavy atom. The number of hydrogen-bond donors (Lipinski definition) is 1. The summed E-state index contributed by atoms with van der Waals surface area (Å²) in [4.78, 5) is 23.5. The summed E-state index contributed by atoms with van der Waals surface area (Å²) >= 11 is 0. The molecule has 0 radical (unpaired) electrons. The number of nitrogens with zero attached hydrogens (tertiary/aromatic N) is 3. The van der Waals surface area contributed by atoms with Crippen LogP contribution in [0.25, 0.3) is 0 Å². The molecule has 0 spiro atoms. The summed E-state index contributed by atoms with van der Waals surface area (Å²) in [7, 11) is 0. The molecule has 1 aliphatic rings. The van der Waals surface area contributed by atoms with Crippen LogP contribution in [-0.4, -0.2) is 21.9 Å². The number of para-hydroxylation sites is 1. The van der Waals surface area contributed by atoms with E-state index in [1.807, 2.05) is 60.7 Å². The van der Waals surface area contributed by atoms with Crippen LogP contribution in [-0.2, 0) is 6.54 Å². The van der Waals surface area contributed by atoms with Crippen molar-refractivity contribution >= 4 is 17.5 Å². The highest BCUT2D eigenvalue weighted by Gasteiger charge is 2.23. The normalized spacial score (nSPS) is 13.2. The van der Waals surface area contributed by atoms with Crippen molar-refractivity contribution in [1.82, 2.24) is 9.97 Å². The largest absolute Gasteiger partial charge is 0.351 e. The Morgan fingerprint density at radius 2 is 1.58 bits per heavy atom. The molecule has 1 saturated carbocycles. The molecule has 3 aromatic rings. The number of anilines is 2. The topological polar surface area (TPSA) is 58.1 Å². The van der Waals surface area contributed by atoms with Crippen LogP contribution in [0.2, 0.25) is 0 Å². The number of aromatic nitrogens is 2.